The van der Waals surface area contributed by atoms with Crippen LogP contribution in [0, 0.1) is 5.82 Å². The van der Waals surface area contributed by atoms with Crippen molar-refractivity contribution in [3.05, 3.63) is 29.6 Å². The van der Waals surface area contributed by atoms with E-state index >= 15 is 0 Å². The fourth-order valence-corrected chi connectivity index (χ4v) is 1.79. The Bertz CT molecular complexity index is 454. The zero-order valence-corrected chi connectivity index (χ0v) is 10.7. The third kappa shape index (κ3) is 3.82. The highest BCUT2D eigenvalue weighted by Crippen LogP contribution is 2.20. The molecule has 0 radical (unpaired) electrons. The van der Waals surface area contributed by atoms with Crippen molar-refractivity contribution in [3.63, 3.8) is 0 Å². The number of nitrogens with one attached hydrogen (secondary N) is 2. The molecule has 1 unspecified atom stereocenters. The summed E-state index contributed by atoms with van der Waals surface area (Å²) in [4.78, 5) is 10.9. The summed E-state index contributed by atoms with van der Waals surface area (Å²) in [6.45, 7) is 3.99. The number of carbonyl (C=O) groups is 1. The van der Waals surface area contributed by atoms with Gasteiger partial charge < -0.3 is 20.1 Å². The molecule has 1 aromatic rings. The van der Waals surface area contributed by atoms with E-state index in [0.717, 1.165) is 12.1 Å². The summed E-state index contributed by atoms with van der Waals surface area (Å²) in [7, 11) is 0. The molecule has 19 heavy (non-hydrogen) atoms. The summed E-state index contributed by atoms with van der Waals surface area (Å²) in [5.41, 5.74) is 0.749. The van der Waals surface area contributed by atoms with Gasteiger partial charge >= 0.3 is 6.09 Å². The molecule has 1 fully saturated rings. The minimum absolute atomic E-state index is 0.253. The molecule has 104 valence electrons. The van der Waals surface area contributed by atoms with Gasteiger partial charge in [0.05, 0.1) is 6.54 Å². The maximum atomic E-state index is 13.2. The van der Waals surface area contributed by atoms with Crippen LogP contribution >= 0.6 is 0 Å². The van der Waals surface area contributed by atoms with Gasteiger partial charge in [-0.25, -0.2) is 9.18 Å². The Balaban J connectivity index is 1.96. The number of hydrogen-bond donors (Lipinski definition) is 2. The van der Waals surface area contributed by atoms with Gasteiger partial charge in [0.2, 0.25) is 0 Å². The van der Waals surface area contributed by atoms with E-state index < -0.39 is 6.09 Å². The van der Waals surface area contributed by atoms with Crippen LogP contribution in [0.25, 0.3) is 0 Å². The first-order valence-corrected chi connectivity index (χ1v) is 6.25. The Hall–Kier alpha value is -1.82. The summed E-state index contributed by atoms with van der Waals surface area (Å²) in [5, 5.41) is 5.67. The van der Waals surface area contributed by atoms with E-state index in [1.165, 1.54) is 12.1 Å². The summed E-state index contributed by atoms with van der Waals surface area (Å²) < 4.78 is 23.8. The molecule has 5 nitrogen and oxygen atoms in total. The Morgan fingerprint density at radius 3 is 3.11 bits per heavy atom. The normalized spacial score (nSPS) is 18.0. The van der Waals surface area contributed by atoms with Gasteiger partial charge in [-0.15, -0.1) is 0 Å². The number of cyclic esters (lactones) is 1. The molecule has 1 saturated heterocycles. The number of rotatable bonds is 6. The average Bonchev–Trinajstić information content (AvgIpc) is 2.81. The number of carbonyl (C=O) groups excluding carboxylic acids is 1. The zero-order chi connectivity index (χ0) is 13.7. The first-order valence-electron chi connectivity index (χ1n) is 6.25. The number of amides is 1. The maximum Gasteiger partial charge on any atom is 0.407 e. The van der Waals surface area contributed by atoms with Gasteiger partial charge in [-0.3, -0.25) is 0 Å². The smallest absolute Gasteiger partial charge is 0.407 e. The third-order valence-electron chi connectivity index (χ3n) is 2.76. The fraction of sp³-hybridized carbons (Fsp3) is 0.462. The molecule has 2 rings (SSSR count). The minimum Gasteiger partial charge on any atom is -0.489 e. The standard InChI is InChI=1S/C13H17FN2O3/c1-2-15-6-9-5-10(14)3-4-12(9)18-8-11-7-16-13(17)19-11/h3-5,11,15H,2,6-8H2,1H3,(H,16,17). The van der Waals surface area contributed by atoms with Crippen LogP contribution in [0.2, 0.25) is 0 Å². The van der Waals surface area contributed by atoms with Gasteiger partial charge in [0.25, 0.3) is 0 Å². The van der Waals surface area contributed by atoms with Crippen molar-refractivity contribution in [3.8, 4) is 5.75 Å². The summed E-state index contributed by atoms with van der Waals surface area (Å²) in [6.07, 6.45) is -0.731. The molecule has 1 atom stereocenters. The van der Waals surface area contributed by atoms with Crippen LogP contribution in [0.5, 0.6) is 5.75 Å². The van der Waals surface area contributed by atoms with Crippen LogP contribution in [0.3, 0.4) is 0 Å². The Morgan fingerprint density at radius 1 is 1.58 bits per heavy atom. The van der Waals surface area contributed by atoms with Crippen molar-refractivity contribution in [2.24, 2.45) is 0 Å². The second-order valence-electron chi connectivity index (χ2n) is 4.25. The molecule has 1 aromatic carbocycles. The van der Waals surface area contributed by atoms with Crippen molar-refractivity contribution < 1.29 is 18.7 Å². The SMILES string of the molecule is CCNCc1cc(F)ccc1OCC1CNC(=O)O1. The van der Waals surface area contributed by atoms with E-state index in [2.05, 4.69) is 10.6 Å². The van der Waals surface area contributed by atoms with E-state index in [0.29, 0.717) is 18.8 Å². The zero-order valence-electron chi connectivity index (χ0n) is 10.7. The number of benzene rings is 1. The van der Waals surface area contributed by atoms with Crippen molar-refractivity contribution in [1.29, 1.82) is 0 Å². The predicted octanol–water partition coefficient (Wildman–Crippen LogP) is 1.42. The lowest BCUT2D eigenvalue weighted by Crippen LogP contribution is -2.22. The van der Waals surface area contributed by atoms with E-state index in [4.69, 9.17) is 9.47 Å². The van der Waals surface area contributed by atoms with Gasteiger partial charge in [0.1, 0.15) is 18.2 Å². The highest BCUT2D eigenvalue weighted by molar-refractivity contribution is 5.69. The Labute approximate surface area is 111 Å². The van der Waals surface area contributed by atoms with Crippen molar-refractivity contribution >= 4 is 6.09 Å². The average molecular weight is 268 g/mol. The first-order chi connectivity index (χ1) is 9.19. The second-order valence-corrected chi connectivity index (χ2v) is 4.25. The monoisotopic (exact) mass is 268 g/mol. The molecule has 1 aliphatic heterocycles. The summed E-state index contributed by atoms with van der Waals surface area (Å²) in [6, 6.07) is 4.38. The van der Waals surface area contributed by atoms with Crippen molar-refractivity contribution in [2.75, 3.05) is 19.7 Å². The van der Waals surface area contributed by atoms with E-state index in [1.807, 2.05) is 6.92 Å². The third-order valence-corrected chi connectivity index (χ3v) is 2.76. The first kappa shape index (κ1) is 13.6. The van der Waals surface area contributed by atoms with Crippen LogP contribution in [-0.4, -0.2) is 31.9 Å². The van der Waals surface area contributed by atoms with Gasteiger partial charge in [0, 0.05) is 12.1 Å². The van der Waals surface area contributed by atoms with Crippen LogP contribution in [0.1, 0.15) is 12.5 Å². The molecule has 1 amide bonds. The molecular weight excluding hydrogens is 251 g/mol. The number of ether oxygens (including phenoxy) is 2. The second kappa shape index (κ2) is 6.38. The number of hydrogen-bond acceptors (Lipinski definition) is 4. The molecule has 6 heteroatoms. The molecule has 0 bridgehead atoms. The minimum atomic E-state index is -0.430. The van der Waals surface area contributed by atoms with Crippen molar-refractivity contribution in [1.82, 2.24) is 10.6 Å². The fourth-order valence-electron chi connectivity index (χ4n) is 1.79. The molecule has 1 heterocycles. The lowest BCUT2D eigenvalue weighted by molar-refractivity contribution is 0.104. The van der Waals surface area contributed by atoms with Crippen LogP contribution in [0.4, 0.5) is 9.18 Å². The van der Waals surface area contributed by atoms with Crippen LogP contribution in [-0.2, 0) is 11.3 Å². The summed E-state index contributed by atoms with van der Waals surface area (Å²) >= 11 is 0. The molecule has 0 saturated carbocycles. The number of halogens is 1. The van der Waals surface area contributed by atoms with Crippen LogP contribution < -0.4 is 15.4 Å². The molecule has 1 aliphatic rings. The Kier molecular flexibility index (Phi) is 4.57. The number of alkyl carbamates (subject to hydrolysis) is 1. The van der Waals surface area contributed by atoms with E-state index in [9.17, 15) is 9.18 Å². The van der Waals surface area contributed by atoms with E-state index in [-0.39, 0.29) is 18.5 Å². The van der Waals surface area contributed by atoms with Gasteiger partial charge in [-0.05, 0) is 24.7 Å². The van der Waals surface area contributed by atoms with E-state index in [1.54, 1.807) is 6.07 Å². The van der Waals surface area contributed by atoms with Gasteiger partial charge in [-0.1, -0.05) is 6.92 Å². The molecular formula is C13H17FN2O3. The quantitative estimate of drug-likeness (QED) is 0.819. The van der Waals surface area contributed by atoms with Gasteiger partial charge in [-0.2, -0.15) is 0 Å². The molecule has 2 N–H and O–H groups in total. The Morgan fingerprint density at radius 2 is 2.42 bits per heavy atom. The predicted molar refractivity (Wildman–Crippen MR) is 67.5 cm³/mol. The maximum absolute atomic E-state index is 13.2. The molecule has 0 aromatic heterocycles. The largest absolute Gasteiger partial charge is 0.489 e. The highest BCUT2D eigenvalue weighted by atomic mass is 19.1. The van der Waals surface area contributed by atoms with Gasteiger partial charge in [0.15, 0.2) is 6.10 Å². The topological polar surface area (TPSA) is 59.6 Å². The highest BCUT2D eigenvalue weighted by Gasteiger charge is 2.23. The lowest BCUT2D eigenvalue weighted by Gasteiger charge is -2.14. The molecule has 0 aliphatic carbocycles. The lowest BCUT2D eigenvalue weighted by atomic mass is 10.2. The summed E-state index contributed by atoms with van der Waals surface area (Å²) in [5.74, 6) is 0.305. The van der Waals surface area contributed by atoms with Crippen LogP contribution in [0.15, 0.2) is 18.2 Å². The molecule has 0 spiro atoms. The van der Waals surface area contributed by atoms with Crippen molar-refractivity contribution in [2.45, 2.75) is 19.6 Å².